The minimum absolute atomic E-state index is 0.262. The first-order chi connectivity index (χ1) is 15.7. The van der Waals surface area contributed by atoms with Gasteiger partial charge in [0.05, 0.1) is 5.56 Å². The average Bonchev–Trinajstić information content (AvgIpc) is 3.46. The molecule has 0 saturated carbocycles. The molecular formula is C26H21N3O3. The first-order valence-corrected chi connectivity index (χ1v) is 10.3. The number of hydrogen-bond acceptors (Lipinski definition) is 6. The average molecular weight is 423 g/mol. The van der Waals surface area contributed by atoms with Crippen molar-refractivity contribution in [3.05, 3.63) is 95.9 Å². The van der Waals surface area contributed by atoms with E-state index in [0.29, 0.717) is 23.4 Å². The highest BCUT2D eigenvalue weighted by atomic mass is 16.5. The zero-order valence-corrected chi connectivity index (χ0v) is 17.8. The fraction of sp³-hybridized carbons (Fsp3) is 0.115. The van der Waals surface area contributed by atoms with E-state index in [1.807, 2.05) is 92.7 Å². The zero-order chi connectivity index (χ0) is 21.9. The molecule has 6 nitrogen and oxygen atoms in total. The van der Waals surface area contributed by atoms with Gasteiger partial charge in [-0.1, -0.05) is 48.0 Å². The summed E-state index contributed by atoms with van der Waals surface area (Å²) in [6.45, 7) is 4.20. The fourth-order valence-electron chi connectivity index (χ4n) is 3.33. The molecule has 158 valence electrons. The van der Waals surface area contributed by atoms with Crippen LogP contribution in [-0.2, 0) is 6.61 Å². The summed E-state index contributed by atoms with van der Waals surface area (Å²) in [6, 6.07) is 25.3. The molecule has 0 bridgehead atoms. The van der Waals surface area contributed by atoms with Crippen molar-refractivity contribution in [2.24, 2.45) is 0 Å². The van der Waals surface area contributed by atoms with E-state index in [4.69, 9.17) is 13.6 Å². The van der Waals surface area contributed by atoms with Gasteiger partial charge < -0.3 is 13.6 Å². The summed E-state index contributed by atoms with van der Waals surface area (Å²) in [5.74, 6) is 2.80. The van der Waals surface area contributed by atoms with E-state index in [1.54, 1.807) is 0 Å². The molecule has 0 aliphatic rings. The van der Waals surface area contributed by atoms with Gasteiger partial charge in [-0.3, -0.25) is 0 Å². The highest BCUT2D eigenvalue weighted by molar-refractivity contribution is 5.64. The Kier molecular flexibility index (Phi) is 5.25. The number of rotatable bonds is 6. The second kappa shape index (κ2) is 8.51. The lowest BCUT2D eigenvalue weighted by molar-refractivity contribution is 0.300. The largest absolute Gasteiger partial charge is 0.486 e. The van der Waals surface area contributed by atoms with Crippen LogP contribution in [0.3, 0.4) is 0 Å². The van der Waals surface area contributed by atoms with Gasteiger partial charge in [0, 0.05) is 11.1 Å². The van der Waals surface area contributed by atoms with Crippen LogP contribution < -0.4 is 4.74 Å². The van der Waals surface area contributed by atoms with Crippen LogP contribution in [0.4, 0.5) is 0 Å². The molecule has 6 heteroatoms. The molecule has 5 aromatic rings. The van der Waals surface area contributed by atoms with E-state index >= 15 is 0 Å². The smallest absolute Gasteiger partial charge is 0.251 e. The number of hydrogen-bond donors (Lipinski definition) is 0. The molecule has 0 aliphatic heterocycles. The van der Waals surface area contributed by atoms with Crippen molar-refractivity contribution in [1.82, 2.24) is 15.2 Å². The van der Waals surface area contributed by atoms with E-state index in [1.165, 1.54) is 5.56 Å². The van der Waals surface area contributed by atoms with Crippen molar-refractivity contribution < 1.29 is 13.6 Å². The van der Waals surface area contributed by atoms with Crippen LogP contribution in [-0.4, -0.2) is 15.2 Å². The number of ether oxygens (including phenoxy) is 1. The molecule has 0 aliphatic carbocycles. The maximum Gasteiger partial charge on any atom is 0.251 e. The Hall–Kier alpha value is -4.19. The summed E-state index contributed by atoms with van der Waals surface area (Å²) in [5, 5.41) is 8.40. The van der Waals surface area contributed by atoms with Crippen LogP contribution in [0, 0.1) is 13.8 Å². The third kappa shape index (κ3) is 4.03. The third-order valence-corrected chi connectivity index (χ3v) is 5.12. The SMILES string of the molecule is Cc1ccc(-c2nc(COc3ccccc3-c3nnc(-c4ccccc4)o3)c(C)o2)cc1. The normalized spacial score (nSPS) is 10.9. The summed E-state index contributed by atoms with van der Waals surface area (Å²) in [6.07, 6.45) is 0. The van der Waals surface area contributed by atoms with Crippen LogP contribution >= 0.6 is 0 Å². The van der Waals surface area contributed by atoms with Crippen LogP contribution in [0.15, 0.2) is 87.7 Å². The second-order valence-corrected chi connectivity index (χ2v) is 7.45. The van der Waals surface area contributed by atoms with E-state index < -0.39 is 0 Å². The fourth-order valence-corrected chi connectivity index (χ4v) is 3.33. The summed E-state index contributed by atoms with van der Waals surface area (Å²) in [7, 11) is 0. The van der Waals surface area contributed by atoms with Crippen molar-refractivity contribution in [3.63, 3.8) is 0 Å². The van der Waals surface area contributed by atoms with Crippen LogP contribution in [0.1, 0.15) is 17.0 Å². The number of nitrogens with zero attached hydrogens (tertiary/aromatic N) is 3. The molecule has 0 saturated heterocycles. The highest BCUT2D eigenvalue weighted by Gasteiger charge is 2.17. The van der Waals surface area contributed by atoms with Crippen molar-refractivity contribution in [1.29, 1.82) is 0 Å². The minimum Gasteiger partial charge on any atom is -0.486 e. The number of oxazole rings is 1. The summed E-state index contributed by atoms with van der Waals surface area (Å²) in [5.41, 5.74) is 4.46. The quantitative estimate of drug-likeness (QED) is 0.321. The summed E-state index contributed by atoms with van der Waals surface area (Å²) >= 11 is 0. The van der Waals surface area contributed by atoms with Crippen LogP contribution in [0.25, 0.3) is 34.4 Å². The van der Waals surface area contributed by atoms with Gasteiger partial charge in [0.1, 0.15) is 23.8 Å². The van der Waals surface area contributed by atoms with Gasteiger partial charge in [-0.2, -0.15) is 0 Å². The molecule has 2 aromatic heterocycles. The van der Waals surface area contributed by atoms with E-state index in [2.05, 4.69) is 15.2 Å². The van der Waals surface area contributed by atoms with Gasteiger partial charge in [0.15, 0.2) is 0 Å². The first kappa shape index (κ1) is 19.8. The molecule has 0 N–H and O–H groups in total. The molecule has 2 heterocycles. The number of benzene rings is 3. The standard InChI is InChI=1S/C26H21N3O3/c1-17-12-14-20(15-13-17)24-27-22(18(2)31-24)16-30-23-11-7-6-10-21(23)26-29-28-25(32-26)19-8-4-3-5-9-19/h3-15H,16H2,1-2H3. The number of para-hydroxylation sites is 1. The second-order valence-electron chi connectivity index (χ2n) is 7.45. The predicted octanol–water partition coefficient (Wildman–Crippen LogP) is 6.25. The van der Waals surface area contributed by atoms with Gasteiger partial charge in [0.2, 0.25) is 11.8 Å². The van der Waals surface area contributed by atoms with Gasteiger partial charge in [0.25, 0.3) is 5.89 Å². The molecule has 3 aromatic carbocycles. The zero-order valence-electron chi connectivity index (χ0n) is 17.8. The van der Waals surface area contributed by atoms with E-state index in [-0.39, 0.29) is 6.61 Å². The molecular weight excluding hydrogens is 402 g/mol. The Bertz CT molecular complexity index is 1340. The maximum absolute atomic E-state index is 6.09. The van der Waals surface area contributed by atoms with Crippen molar-refractivity contribution in [2.45, 2.75) is 20.5 Å². The molecule has 5 rings (SSSR count). The van der Waals surface area contributed by atoms with Crippen LogP contribution in [0.2, 0.25) is 0 Å². The Balaban J connectivity index is 1.37. The third-order valence-electron chi connectivity index (χ3n) is 5.12. The van der Waals surface area contributed by atoms with Gasteiger partial charge in [-0.15, -0.1) is 10.2 Å². The van der Waals surface area contributed by atoms with Gasteiger partial charge in [-0.25, -0.2) is 4.98 Å². The van der Waals surface area contributed by atoms with E-state index in [9.17, 15) is 0 Å². The molecule has 0 amide bonds. The molecule has 0 spiro atoms. The Morgan fingerprint density at radius 2 is 1.38 bits per heavy atom. The summed E-state index contributed by atoms with van der Waals surface area (Å²) in [4.78, 5) is 4.63. The Morgan fingerprint density at radius 1 is 0.688 bits per heavy atom. The Labute approximate surface area is 185 Å². The minimum atomic E-state index is 0.262. The van der Waals surface area contributed by atoms with Crippen molar-refractivity contribution in [3.8, 4) is 40.1 Å². The predicted molar refractivity (Wildman–Crippen MR) is 121 cm³/mol. The first-order valence-electron chi connectivity index (χ1n) is 10.3. The van der Waals surface area contributed by atoms with E-state index in [0.717, 1.165) is 28.1 Å². The molecule has 0 radical (unpaired) electrons. The lowest BCUT2D eigenvalue weighted by Crippen LogP contribution is -1.99. The lowest BCUT2D eigenvalue weighted by atomic mass is 10.1. The lowest BCUT2D eigenvalue weighted by Gasteiger charge is -2.08. The van der Waals surface area contributed by atoms with Crippen molar-refractivity contribution in [2.75, 3.05) is 0 Å². The molecule has 32 heavy (non-hydrogen) atoms. The van der Waals surface area contributed by atoms with Gasteiger partial charge in [-0.05, 0) is 50.2 Å². The Morgan fingerprint density at radius 3 is 2.19 bits per heavy atom. The molecule has 0 unspecified atom stereocenters. The number of aryl methyl sites for hydroxylation is 2. The monoisotopic (exact) mass is 423 g/mol. The highest BCUT2D eigenvalue weighted by Crippen LogP contribution is 2.32. The number of aromatic nitrogens is 3. The topological polar surface area (TPSA) is 74.2 Å². The molecule has 0 fully saturated rings. The van der Waals surface area contributed by atoms with Crippen LogP contribution in [0.5, 0.6) is 5.75 Å². The molecule has 0 atom stereocenters. The maximum atomic E-state index is 6.09. The summed E-state index contributed by atoms with van der Waals surface area (Å²) < 4.78 is 17.9. The van der Waals surface area contributed by atoms with Crippen molar-refractivity contribution >= 4 is 0 Å². The van der Waals surface area contributed by atoms with Gasteiger partial charge >= 0.3 is 0 Å².